The molecule has 0 amide bonds. The van der Waals surface area contributed by atoms with Gasteiger partial charge in [-0.05, 0) is 42.9 Å². The molecule has 0 spiro atoms. The zero-order valence-electron chi connectivity index (χ0n) is 13.8. The minimum Gasteiger partial charge on any atom is -0.481 e. The molecule has 2 aliphatic rings. The molecule has 0 unspecified atom stereocenters. The Balaban J connectivity index is 1.57. The molecule has 0 bridgehead atoms. The number of carboxylic acids is 1. The molecule has 126 valence electrons. The summed E-state index contributed by atoms with van der Waals surface area (Å²) >= 11 is 0. The van der Waals surface area contributed by atoms with Gasteiger partial charge >= 0.3 is 5.97 Å². The highest BCUT2D eigenvalue weighted by Gasteiger charge is 2.28. The maximum absolute atomic E-state index is 11.3. The van der Waals surface area contributed by atoms with Crippen LogP contribution in [0.4, 0.5) is 0 Å². The number of hydrogen-bond donors (Lipinski definition) is 1. The van der Waals surface area contributed by atoms with Crippen LogP contribution in [0.25, 0.3) is 0 Å². The second kappa shape index (κ2) is 6.40. The summed E-state index contributed by atoms with van der Waals surface area (Å²) in [7, 11) is 0. The minimum atomic E-state index is -0.728. The summed E-state index contributed by atoms with van der Waals surface area (Å²) in [5.41, 5.74) is 4.98. The van der Waals surface area contributed by atoms with Gasteiger partial charge in [0.15, 0.2) is 0 Å². The quantitative estimate of drug-likeness (QED) is 0.939. The van der Waals surface area contributed by atoms with Gasteiger partial charge in [-0.25, -0.2) is 0 Å². The van der Waals surface area contributed by atoms with Crippen molar-refractivity contribution in [3.8, 4) is 0 Å². The van der Waals surface area contributed by atoms with Crippen molar-refractivity contribution in [3.05, 3.63) is 52.8 Å². The summed E-state index contributed by atoms with van der Waals surface area (Å²) in [4.78, 5) is 13.6. The van der Waals surface area contributed by atoms with Crippen molar-refractivity contribution in [2.75, 3.05) is 0 Å². The van der Waals surface area contributed by atoms with Crippen LogP contribution in [0.2, 0.25) is 0 Å². The first-order valence-electron chi connectivity index (χ1n) is 8.77. The van der Waals surface area contributed by atoms with Gasteiger partial charge in [-0.3, -0.25) is 14.4 Å². The number of rotatable bonds is 4. The molecule has 1 N–H and O–H groups in total. The number of carboxylic acid groups (broad SMARTS) is 1. The molecule has 5 heteroatoms. The van der Waals surface area contributed by atoms with Crippen LogP contribution in [0.5, 0.6) is 0 Å². The van der Waals surface area contributed by atoms with Crippen molar-refractivity contribution in [2.45, 2.75) is 57.8 Å². The van der Waals surface area contributed by atoms with Crippen LogP contribution >= 0.6 is 0 Å². The predicted octanol–water partition coefficient (Wildman–Crippen LogP) is 2.62. The van der Waals surface area contributed by atoms with Gasteiger partial charge in [-0.1, -0.05) is 24.3 Å². The SMILES string of the molecule is O=C(O)C[C@@H]1Cc2ccccc2CN1Cc1cc2n(n1)CCCC2. The molecule has 2 aliphatic heterocycles. The van der Waals surface area contributed by atoms with E-state index < -0.39 is 5.97 Å². The van der Waals surface area contributed by atoms with Crippen LogP contribution < -0.4 is 0 Å². The third-order valence-corrected chi connectivity index (χ3v) is 5.21. The number of hydrogen-bond acceptors (Lipinski definition) is 3. The fraction of sp³-hybridized carbons (Fsp3) is 0.474. The zero-order valence-corrected chi connectivity index (χ0v) is 13.8. The Kier molecular flexibility index (Phi) is 4.10. The highest BCUT2D eigenvalue weighted by molar-refractivity contribution is 5.67. The van der Waals surface area contributed by atoms with E-state index in [1.165, 1.54) is 29.7 Å². The highest BCUT2D eigenvalue weighted by Crippen LogP contribution is 2.27. The summed E-state index contributed by atoms with van der Waals surface area (Å²) < 4.78 is 2.13. The molecule has 1 aromatic carbocycles. The van der Waals surface area contributed by atoms with E-state index in [-0.39, 0.29) is 12.5 Å². The van der Waals surface area contributed by atoms with E-state index in [0.717, 1.165) is 38.2 Å². The van der Waals surface area contributed by atoms with E-state index in [2.05, 4.69) is 33.8 Å². The van der Waals surface area contributed by atoms with E-state index in [9.17, 15) is 9.90 Å². The Hall–Kier alpha value is -2.14. The van der Waals surface area contributed by atoms with Crippen molar-refractivity contribution in [3.63, 3.8) is 0 Å². The lowest BCUT2D eigenvalue weighted by Gasteiger charge is -2.35. The van der Waals surface area contributed by atoms with E-state index in [4.69, 9.17) is 5.10 Å². The average molecular weight is 325 g/mol. The zero-order chi connectivity index (χ0) is 16.5. The summed E-state index contributed by atoms with van der Waals surface area (Å²) in [5.74, 6) is -0.728. The van der Waals surface area contributed by atoms with Gasteiger partial charge < -0.3 is 5.11 Å². The molecule has 0 saturated heterocycles. The van der Waals surface area contributed by atoms with Crippen LogP contribution in [-0.2, 0) is 37.3 Å². The Morgan fingerprint density at radius 1 is 1.25 bits per heavy atom. The lowest BCUT2D eigenvalue weighted by molar-refractivity contribution is -0.138. The predicted molar refractivity (Wildman–Crippen MR) is 90.6 cm³/mol. The molecule has 1 atom stereocenters. The smallest absolute Gasteiger partial charge is 0.304 e. The Labute approximate surface area is 141 Å². The molecule has 5 nitrogen and oxygen atoms in total. The molecule has 2 aromatic rings. The fourth-order valence-electron chi connectivity index (χ4n) is 3.99. The largest absolute Gasteiger partial charge is 0.481 e. The third-order valence-electron chi connectivity index (χ3n) is 5.21. The van der Waals surface area contributed by atoms with Crippen LogP contribution in [0.1, 0.15) is 41.8 Å². The molecule has 0 aliphatic carbocycles. The summed E-state index contributed by atoms with van der Waals surface area (Å²) in [6.07, 6.45) is 4.53. The first-order chi connectivity index (χ1) is 11.7. The normalized spacial score (nSPS) is 20.4. The number of aryl methyl sites for hydroxylation is 2. The summed E-state index contributed by atoms with van der Waals surface area (Å²) in [5, 5.41) is 14.0. The van der Waals surface area contributed by atoms with Crippen molar-refractivity contribution >= 4 is 5.97 Å². The van der Waals surface area contributed by atoms with Crippen LogP contribution in [0.3, 0.4) is 0 Å². The second-order valence-corrected chi connectivity index (χ2v) is 6.94. The van der Waals surface area contributed by atoms with Crippen molar-refractivity contribution in [1.29, 1.82) is 0 Å². The Morgan fingerprint density at radius 3 is 2.88 bits per heavy atom. The third kappa shape index (κ3) is 3.08. The van der Waals surface area contributed by atoms with Gasteiger partial charge in [0.25, 0.3) is 0 Å². The lowest BCUT2D eigenvalue weighted by atomic mass is 9.92. The molecular formula is C19H23N3O2. The minimum absolute atomic E-state index is 0.0381. The topological polar surface area (TPSA) is 58.4 Å². The maximum atomic E-state index is 11.3. The molecule has 1 aromatic heterocycles. The molecule has 4 rings (SSSR count). The summed E-state index contributed by atoms with van der Waals surface area (Å²) in [6, 6.07) is 10.6. The standard InChI is InChI=1S/C19H23N3O2/c23-19(24)11-18-9-14-5-1-2-6-15(14)12-21(18)13-16-10-17-7-3-4-8-22(17)20-16/h1-2,5-6,10,18H,3-4,7-9,11-13H2,(H,23,24)/t18-/m0/s1. The molecule has 24 heavy (non-hydrogen) atoms. The molecule has 0 saturated carbocycles. The van der Waals surface area contributed by atoms with E-state index >= 15 is 0 Å². The molecule has 0 fully saturated rings. The van der Waals surface area contributed by atoms with Crippen LogP contribution in [0, 0.1) is 0 Å². The van der Waals surface area contributed by atoms with Gasteiger partial charge in [-0.2, -0.15) is 5.10 Å². The Bertz CT molecular complexity index is 729. The summed E-state index contributed by atoms with van der Waals surface area (Å²) in [6.45, 7) is 2.54. The highest BCUT2D eigenvalue weighted by atomic mass is 16.4. The number of carbonyl (C=O) groups is 1. The average Bonchev–Trinajstić information content (AvgIpc) is 2.97. The van der Waals surface area contributed by atoms with Gasteiger partial charge in [0.05, 0.1) is 12.1 Å². The van der Waals surface area contributed by atoms with Gasteiger partial charge in [0, 0.05) is 31.4 Å². The first kappa shape index (κ1) is 15.4. The van der Waals surface area contributed by atoms with Gasteiger partial charge in [0.1, 0.15) is 0 Å². The van der Waals surface area contributed by atoms with Crippen LogP contribution in [0.15, 0.2) is 30.3 Å². The number of aliphatic carboxylic acids is 1. The van der Waals surface area contributed by atoms with E-state index in [1.54, 1.807) is 0 Å². The molecular weight excluding hydrogens is 302 g/mol. The van der Waals surface area contributed by atoms with E-state index in [0.29, 0.717) is 0 Å². The van der Waals surface area contributed by atoms with Crippen molar-refractivity contribution < 1.29 is 9.90 Å². The second-order valence-electron chi connectivity index (χ2n) is 6.94. The van der Waals surface area contributed by atoms with Gasteiger partial charge in [0.2, 0.25) is 0 Å². The number of nitrogens with zero attached hydrogens (tertiary/aromatic N) is 3. The fourth-order valence-corrected chi connectivity index (χ4v) is 3.99. The van der Waals surface area contributed by atoms with Crippen LogP contribution in [-0.4, -0.2) is 31.8 Å². The maximum Gasteiger partial charge on any atom is 0.304 e. The van der Waals surface area contributed by atoms with Crippen molar-refractivity contribution in [1.82, 2.24) is 14.7 Å². The number of benzene rings is 1. The number of aromatic nitrogens is 2. The Morgan fingerprint density at radius 2 is 2.08 bits per heavy atom. The van der Waals surface area contributed by atoms with Crippen molar-refractivity contribution in [2.24, 2.45) is 0 Å². The first-order valence-corrected chi connectivity index (χ1v) is 8.77. The molecule has 0 radical (unpaired) electrons. The van der Waals surface area contributed by atoms with Gasteiger partial charge in [-0.15, -0.1) is 0 Å². The monoisotopic (exact) mass is 325 g/mol. The molecule has 3 heterocycles. The number of fused-ring (bicyclic) bond motifs is 2. The lowest BCUT2D eigenvalue weighted by Crippen LogP contribution is -2.41. The van der Waals surface area contributed by atoms with E-state index in [1.807, 2.05) is 6.07 Å².